The molecule has 1 aromatic carbocycles. The number of nitrogens with two attached hydrogens (primary N) is 1. The van der Waals surface area contributed by atoms with E-state index in [0.29, 0.717) is 0 Å². The van der Waals surface area contributed by atoms with Gasteiger partial charge in [-0.15, -0.1) is 11.8 Å². The van der Waals surface area contributed by atoms with E-state index in [2.05, 4.69) is 31.2 Å². The number of hydrogen-bond acceptors (Lipinski definition) is 2. The van der Waals surface area contributed by atoms with Crippen LogP contribution >= 0.6 is 11.8 Å². The lowest BCUT2D eigenvalue weighted by molar-refractivity contribution is 0.879. The molecule has 1 rings (SSSR count). The Hall–Kier alpha value is -0.960. The van der Waals surface area contributed by atoms with Crippen LogP contribution in [0.15, 0.2) is 29.2 Å². The molecule has 0 spiro atoms. The van der Waals surface area contributed by atoms with E-state index in [1.807, 2.05) is 6.92 Å². The standard InChI is InChI=1S/C11H16N2S/c1-8-3-5-10(6-4-8)14-7-9(2)11(12)13/h3-6,9H,7H2,1-2H3,(H3,12,13). The van der Waals surface area contributed by atoms with Gasteiger partial charge in [0.1, 0.15) is 0 Å². The summed E-state index contributed by atoms with van der Waals surface area (Å²) in [4.78, 5) is 1.24. The van der Waals surface area contributed by atoms with Crippen molar-refractivity contribution in [2.45, 2.75) is 18.7 Å². The summed E-state index contributed by atoms with van der Waals surface area (Å²) in [5.74, 6) is 1.30. The van der Waals surface area contributed by atoms with Crippen molar-refractivity contribution >= 4 is 17.6 Å². The molecule has 2 nitrogen and oxygen atoms in total. The maximum Gasteiger partial charge on any atom is 0.0942 e. The quantitative estimate of drug-likeness (QED) is 0.454. The molecule has 0 radical (unpaired) electrons. The monoisotopic (exact) mass is 208 g/mol. The Labute approximate surface area is 89.4 Å². The largest absolute Gasteiger partial charge is 0.387 e. The lowest BCUT2D eigenvalue weighted by Gasteiger charge is -2.08. The Morgan fingerprint density at radius 2 is 2.00 bits per heavy atom. The zero-order valence-electron chi connectivity index (χ0n) is 8.58. The van der Waals surface area contributed by atoms with Crippen LogP contribution in [0.4, 0.5) is 0 Å². The minimum Gasteiger partial charge on any atom is -0.387 e. The van der Waals surface area contributed by atoms with E-state index in [0.717, 1.165) is 5.75 Å². The van der Waals surface area contributed by atoms with Gasteiger partial charge in [-0.1, -0.05) is 24.6 Å². The highest BCUT2D eigenvalue weighted by atomic mass is 32.2. The fraction of sp³-hybridized carbons (Fsp3) is 0.364. The first-order valence-corrected chi connectivity index (χ1v) is 5.61. The number of nitrogens with one attached hydrogen (secondary N) is 1. The van der Waals surface area contributed by atoms with Gasteiger partial charge in [0.25, 0.3) is 0 Å². The summed E-state index contributed by atoms with van der Waals surface area (Å²) in [6.07, 6.45) is 0. The molecule has 76 valence electrons. The van der Waals surface area contributed by atoms with E-state index in [1.54, 1.807) is 11.8 Å². The second kappa shape index (κ2) is 5.05. The van der Waals surface area contributed by atoms with Gasteiger partial charge in [0.2, 0.25) is 0 Å². The SMILES string of the molecule is Cc1ccc(SCC(C)C(=N)N)cc1. The molecular formula is C11H16N2S. The second-order valence-electron chi connectivity index (χ2n) is 3.48. The molecule has 0 saturated heterocycles. The van der Waals surface area contributed by atoms with Crippen LogP contribution in [0.1, 0.15) is 12.5 Å². The average Bonchev–Trinajstić information content (AvgIpc) is 2.16. The Bertz CT molecular complexity index is 306. The van der Waals surface area contributed by atoms with Gasteiger partial charge in [-0.3, -0.25) is 5.41 Å². The lowest BCUT2D eigenvalue weighted by atomic mass is 10.2. The molecule has 1 atom stereocenters. The average molecular weight is 208 g/mol. The highest BCUT2D eigenvalue weighted by Crippen LogP contribution is 2.20. The molecule has 3 heteroatoms. The molecular weight excluding hydrogens is 192 g/mol. The summed E-state index contributed by atoms with van der Waals surface area (Å²) >= 11 is 1.74. The maximum absolute atomic E-state index is 7.26. The Balaban J connectivity index is 2.46. The third-order valence-electron chi connectivity index (χ3n) is 2.05. The smallest absolute Gasteiger partial charge is 0.0942 e. The summed E-state index contributed by atoms with van der Waals surface area (Å²) < 4.78 is 0. The lowest BCUT2D eigenvalue weighted by Crippen LogP contribution is -2.21. The molecule has 0 fully saturated rings. The number of rotatable bonds is 4. The number of aryl methyl sites for hydroxylation is 1. The normalized spacial score (nSPS) is 12.4. The van der Waals surface area contributed by atoms with Crippen molar-refractivity contribution in [2.75, 3.05) is 5.75 Å². The molecule has 0 aliphatic carbocycles. The van der Waals surface area contributed by atoms with Gasteiger partial charge in [0, 0.05) is 16.6 Å². The predicted molar refractivity (Wildman–Crippen MR) is 63.0 cm³/mol. The van der Waals surface area contributed by atoms with E-state index in [-0.39, 0.29) is 11.8 Å². The van der Waals surface area contributed by atoms with Crippen LogP contribution in [-0.2, 0) is 0 Å². The topological polar surface area (TPSA) is 49.9 Å². The molecule has 0 bridgehead atoms. The van der Waals surface area contributed by atoms with Gasteiger partial charge in [-0.25, -0.2) is 0 Å². The molecule has 14 heavy (non-hydrogen) atoms. The molecule has 0 heterocycles. The van der Waals surface area contributed by atoms with Crippen molar-refractivity contribution in [1.29, 1.82) is 5.41 Å². The maximum atomic E-state index is 7.26. The first-order valence-electron chi connectivity index (χ1n) is 4.63. The Morgan fingerprint density at radius 3 is 2.50 bits per heavy atom. The summed E-state index contributed by atoms with van der Waals surface area (Å²) in [5.41, 5.74) is 6.67. The number of amidine groups is 1. The number of thioether (sulfide) groups is 1. The molecule has 0 aliphatic heterocycles. The van der Waals surface area contributed by atoms with Gasteiger partial charge in [-0.05, 0) is 19.1 Å². The van der Waals surface area contributed by atoms with E-state index in [4.69, 9.17) is 11.1 Å². The molecule has 3 N–H and O–H groups in total. The van der Waals surface area contributed by atoms with Crippen LogP contribution in [0.25, 0.3) is 0 Å². The van der Waals surface area contributed by atoms with Crippen molar-refractivity contribution in [3.8, 4) is 0 Å². The van der Waals surface area contributed by atoms with Gasteiger partial charge in [-0.2, -0.15) is 0 Å². The van der Waals surface area contributed by atoms with Gasteiger partial charge in [0.15, 0.2) is 0 Å². The van der Waals surface area contributed by atoms with Crippen molar-refractivity contribution in [3.05, 3.63) is 29.8 Å². The van der Waals surface area contributed by atoms with Crippen molar-refractivity contribution < 1.29 is 0 Å². The van der Waals surface area contributed by atoms with Crippen molar-refractivity contribution in [2.24, 2.45) is 11.7 Å². The van der Waals surface area contributed by atoms with Crippen molar-refractivity contribution in [3.63, 3.8) is 0 Å². The number of benzene rings is 1. The summed E-state index contributed by atoms with van der Waals surface area (Å²) in [6, 6.07) is 8.40. The van der Waals surface area contributed by atoms with E-state index in [1.165, 1.54) is 10.5 Å². The third-order valence-corrected chi connectivity index (χ3v) is 3.32. The van der Waals surface area contributed by atoms with E-state index >= 15 is 0 Å². The van der Waals surface area contributed by atoms with Gasteiger partial charge < -0.3 is 5.73 Å². The summed E-state index contributed by atoms with van der Waals surface area (Å²) in [6.45, 7) is 4.05. The highest BCUT2D eigenvalue weighted by Gasteiger charge is 2.05. The predicted octanol–water partition coefficient (Wildman–Crippen LogP) is 2.66. The Morgan fingerprint density at radius 1 is 1.43 bits per heavy atom. The van der Waals surface area contributed by atoms with Gasteiger partial charge in [0.05, 0.1) is 5.84 Å². The zero-order chi connectivity index (χ0) is 10.6. The zero-order valence-corrected chi connectivity index (χ0v) is 9.40. The van der Waals surface area contributed by atoms with Crippen LogP contribution in [-0.4, -0.2) is 11.6 Å². The molecule has 0 aromatic heterocycles. The highest BCUT2D eigenvalue weighted by molar-refractivity contribution is 7.99. The fourth-order valence-corrected chi connectivity index (χ4v) is 1.90. The minimum absolute atomic E-state index is 0.154. The molecule has 1 aromatic rings. The van der Waals surface area contributed by atoms with E-state index in [9.17, 15) is 0 Å². The number of hydrogen-bond donors (Lipinski definition) is 2. The van der Waals surface area contributed by atoms with Crippen LogP contribution in [0.5, 0.6) is 0 Å². The van der Waals surface area contributed by atoms with Crippen LogP contribution in [0, 0.1) is 18.3 Å². The molecule has 1 unspecified atom stereocenters. The first-order chi connectivity index (χ1) is 6.59. The molecule has 0 aliphatic rings. The molecule has 0 amide bonds. The molecule has 0 saturated carbocycles. The Kier molecular flexibility index (Phi) is 4.01. The van der Waals surface area contributed by atoms with Gasteiger partial charge >= 0.3 is 0 Å². The second-order valence-corrected chi connectivity index (χ2v) is 4.57. The van der Waals surface area contributed by atoms with Crippen LogP contribution < -0.4 is 5.73 Å². The third kappa shape index (κ3) is 3.42. The summed E-state index contributed by atoms with van der Waals surface area (Å²) in [5, 5.41) is 7.26. The first kappa shape index (κ1) is 11.1. The van der Waals surface area contributed by atoms with Crippen LogP contribution in [0.3, 0.4) is 0 Å². The van der Waals surface area contributed by atoms with E-state index < -0.39 is 0 Å². The van der Waals surface area contributed by atoms with Crippen LogP contribution in [0.2, 0.25) is 0 Å². The summed E-state index contributed by atoms with van der Waals surface area (Å²) in [7, 11) is 0. The minimum atomic E-state index is 0.154. The van der Waals surface area contributed by atoms with Crippen molar-refractivity contribution in [1.82, 2.24) is 0 Å². The fourth-order valence-electron chi connectivity index (χ4n) is 0.945.